The fourth-order valence-electron chi connectivity index (χ4n) is 2.21. The van der Waals surface area contributed by atoms with Gasteiger partial charge in [0, 0.05) is 18.8 Å². The predicted molar refractivity (Wildman–Crippen MR) is 69.4 cm³/mol. The minimum absolute atomic E-state index is 0.0191. The first-order valence-corrected chi connectivity index (χ1v) is 7.50. The van der Waals surface area contributed by atoms with Gasteiger partial charge in [-0.25, -0.2) is 18.5 Å². The average Bonchev–Trinajstić information content (AvgIpc) is 2.72. The summed E-state index contributed by atoms with van der Waals surface area (Å²) in [6, 6.07) is 3.31. The molecule has 0 bridgehead atoms. The van der Waals surface area contributed by atoms with Crippen molar-refractivity contribution in [1.82, 2.24) is 4.98 Å². The molecular weight excluding hydrogens is 252 g/mol. The van der Waals surface area contributed by atoms with Crippen LogP contribution in [0.5, 0.6) is 0 Å². The first kappa shape index (κ1) is 13.3. The Hall–Kier alpha value is -1.18. The summed E-state index contributed by atoms with van der Waals surface area (Å²) in [5.41, 5.74) is 5.97. The summed E-state index contributed by atoms with van der Waals surface area (Å²) >= 11 is 0. The first-order chi connectivity index (χ1) is 8.47. The van der Waals surface area contributed by atoms with Crippen molar-refractivity contribution in [3.05, 3.63) is 18.3 Å². The average molecular weight is 270 g/mol. The van der Waals surface area contributed by atoms with Gasteiger partial charge in [-0.3, -0.25) is 0 Å². The number of nitrogens with one attached hydrogen (secondary N) is 1. The van der Waals surface area contributed by atoms with E-state index in [2.05, 4.69) is 10.3 Å². The molecule has 0 saturated heterocycles. The Morgan fingerprint density at radius 3 is 2.67 bits per heavy atom. The van der Waals surface area contributed by atoms with E-state index >= 15 is 0 Å². The molecule has 1 aliphatic rings. The Morgan fingerprint density at radius 2 is 2.17 bits per heavy atom. The molecule has 0 aliphatic heterocycles. The summed E-state index contributed by atoms with van der Waals surface area (Å²) in [6.45, 7) is 0.767. The van der Waals surface area contributed by atoms with Crippen molar-refractivity contribution in [3.8, 4) is 0 Å². The fourth-order valence-corrected chi connectivity index (χ4v) is 2.67. The highest BCUT2D eigenvalue weighted by Gasteiger charge is 2.23. The van der Waals surface area contributed by atoms with Gasteiger partial charge in [-0.15, -0.1) is 0 Å². The smallest absolute Gasteiger partial charge is 0.239 e. The van der Waals surface area contributed by atoms with Crippen molar-refractivity contribution in [1.29, 1.82) is 0 Å². The molecule has 2 rings (SSSR count). The molecule has 0 spiro atoms. The third-order valence-electron chi connectivity index (χ3n) is 3.33. The van der Waals surface area contributed by atoms with Crippen molar-refractivity contribution >= 4 is 15.8 Å². The lowest BCUT2D eigenvalue weighted by molar-refractivity contribution is 0.504. The maximum Gasteiger partial charge on any atom is 0.239 e. The molecule has 1 aromatic heterocycles. The molecule has 2 unspecified atom stereocenters. The molecule has 0 radical (unpaired) electrons. The number of sulfonamides is 1. The highest BCUT2D eigenvalue weighted by atomic mass is 32.2. The molecule has 5 N–H and O–H groups in total. The number of hydrogen-bond acceptors (Lipinski definition) is 5. The van der Waals surface area contributed by atoms with Gasteiger partial charge in [-0.1, -0.05) is 6.42 Å². The van der Waals surface area contributed by atoms with Crippen LogP contribution >= 0.6 is 0 Å². The zero-order valence-electron chi connectivity index (χ0n) is 10.0. The normalized spacial score (nSPS) is 24.1. The highest BCUT2D eigenvalue weighted by Crippen LogP contribution is 2.24. The van der Waals surface area contributed by atoms with Crippen LogP contribution in [0.4, 0.5) is 5.82 Å². The monoisotopic (exact) mass is 270 g/mol. The maximum atomic E-state index is 11.1. The number of pyridine rings is 1. The molecule has 6 nitrogen and oxygen atoms in total. The summed E-state index contributed by atoms with van der Waals surface area (Å²) in [7, 11) is -3.67. The maximum absolute atomic E-state index is 11.1. The Morgan fingerprint density at radius 1 is 1.39 bits per heavy atom. The van der Waals surface area contributed by atoms with Crippen LogP contribution < -0.4 is 16.2 Å². The zero-order chi connectivity index (χ0) is 13.2. The summed E-state index contributed by atoms with van der Waals surface area (Å²) in [5, 5.41) is 8.16. The summed E-state index contributed by atoms with van der Waals surface area (Å²) in [6.07, 6.45) is 4.63. The van der Waals surface area contributed by atoms with Gasteiger partial charge in [0.05, 0.1) is 0 Å². The topological polar surface area (TPSA) is 111 Å². The largest absolute Gasteiger partial charge is 0.370 e. The SMILES string of the molecule is NC1CCCC1CNc1ccc(S(N)(=O)=O)cn1. The van der Waals surface area contributed by atoms with Crippen LogP contribution in [-0.4, -0.2) is 26.0 Å². The second-order valence-electron chi connectivity index (χ2n) is 4.66. The molecular formula is C11H18N4O2S. The second-order valence-corrected chi connectivity index (χ2v) is 6.22. The van der Waals surface area contributed by atoms with Crippen molar-refractivity contribution in [2.75, 3.05) is 11.9 Å². The molecule has 1 aromatic rings. The van der Waals surface area contributed by atoms with Crippen LogP contribution in [0.25, 0.3) is 0 Å². The van der Waals surface area contributed by atoms with Crippen LogP contribution in [0.15, 0.2) is 23.2 Å². The van der Waals surface area contributed by atoms with E-state index in [0.717, 1.165) is 19.4 Å². The minimum atomic E-state index is -3.67. The van der Waals surface area contributed by atoms with Crippen molar-refractivity contribution in [2.24, 2.45) is 16.8 Å². The second kappa shape index (κ2) is 5.21. The van der Waals surface area contributed by atoms with Gasteiger partial charge in [0.2, 0.25) is 10.0 Å². The van der Waals surface area contributed by atoms with E-state index in [4.69, 9.17) is 10.9 Å². The van der Waals surface area contributed by atoms with E-state index in [1.807, 2.05) is 0 Å². The van der Waals surface area contributed by atoms with Crippen LogP contribution in [-0.2, 0) is 10.0 Å². The molecule has 1 fully saturated rings. The Bertz CT molecular complexity index is 500. The Balaban J connectivity index is 1.94. The molecule has 0 aromatic carbocycles. The molecule has 1 heterocycles. The number of nitrogens with zero attached hydrogens (tertiary/aromatic N) is 1. The van der Waals surface area contributed by atoms with Crippen LogP contribution in [0.1, 0.15) is 19.3 Å². The van der Waals surface area contributed by atoms with E-state index in [9.17, 15) is 8.42 Å². The van der Waals surface area contributed by atoms with Crippen LogP contribution in [0.3, 0.4) is 0 Å². The molecule has 100 valence electrons. The van der Waals surface area contributed by atoms with E-state index in [0.29, 0.717) is 11.7 Å². The first-order valence-electron chi connectivity index (χ1n) is 5.95. The number of aromatic nitrogens is 1. The Labute approximate surface area is 107 Å². The zero-order valence-corrected chi connectivity index (χ0v) is 10.9. The van der Waals surface area contributed by atoms with Crippen LogP contribution in [0, 0.1) is 5.92 Å². The van der Waals surface area contributed by atoms with Gasteiger partial charge in [0.1, 0.15) is 10.7 Å². The van der Waals surface area contributed by atoms with Crippen molar-refractivity contribution in [3.63, 3.8) is 0 Å². The molecule has 2 atom stereocenters. The van der Waals surface area contributed by atoms with E-state index < -0.39 is 10.0 Å². The lowest BCUT2D eigenvalue weighted by Gasteiger charge is -2.16. The molecule has 7 heteroatoms. The highest BCUT2D eigenvalue weighted by molar-refractivity contribution is 7.89. The molecule has 18 heavy (non-hydrogen) atoms. The quantitative estimate of drug-likeness (QED) is 0.727. The van der Waals surface area contributed by atoms with Crippen LogP contribution in [0.2, 0.25) is 0 Å². The van der Waals surface area contributed by atoms with E-state index in [1.165, 1.54) is 18.7 Å². The third-order valence-corrected chi connectivity index (χ3v) is 4.23. The molecule has 0 amide bonds. The number of hydrogen-bond donors (Lipinski definition) is 3. The number of rotatable bonds is 4. The van der Waals surface area contributed by atoms with Gasteiger partial charge in [0.25, 0.3) is 0 Å². The number of primary sulfonamides is 1. The van der Waals surface area contributed by atoms with Crippen molar-refractivity contribution < 1.29 is 8.42 Å². The minimum Gasteiger partial charge on any atom is -0.370 e. The standard InChI is InChI=1S/C11H18N4O2S/c12-10-3-1-2-8(10)6-14-11-5-4-9(7-15-11)18(13,16)17/h4-5,7-8,10H,1-3,6,12H2,(H,14,15)(H2,13,16,17). The van der Waals surface area contributed by atoms with Gasteiger partial charge < -0.3 is 11.1 Å². The van der Waals surface area contributed by atoms with Gasteiger partial charge in [-0.2, -0.15) is 0 Å². The summed E-state index contributed by atoms with van der Waals surface area (Å²) in [4.78, 5) is 4.04. The number of anilines is 1. The summed E-state index contributed by atoms with van der Waals surface area (Å²) in [5.74, 6) is 1.10. The summed E-state index contributed by atoms with van der Waals surface area (Å²) < 4.78 is 22.1. The fraction of sp³-hybridized carbons (Fsp3) is 0.545. The lowest BCUT2D eigenvalue weighted by Crippen LogP contribution is -2.29. The van der Waals surface area contributed by atoms with E-state index in [1.54, 1.807) is 6.07 Å². The van der Waals surface area contributed by atoms with Crippen molar-refractivity contribution in [2.45, 2.75) is 30.2 Å². The number of nitrogens with two attached hydrogens (primary N) is 2. The van der Waals surface area contributed by atoms with Gasteiger partial charge >= 0.3 is 0 Å². The molecule has 1 saturated carbocycles. The van der Waals surface area contributed by atoms with Gasteiger partial charge in [0.15, 0.2) is 0 Å². The molecule has 1 aliphatic carbocycles. The third kappa shape index (κ3) is 3.18. The lowest BCUT2D eigenvalue weighted by atomic mass is 10.1. The van der Waals surface area contributed by atoms with E-state index in [-0.39, 0.29) is 10.9 Å². The van der Waals surface area contributed by atoms with Gasteiger partial charge in [-0.05, 0) is 30.9 Å². The Kier molecular flexibility index (Phi) is 3.84. The predicted octanol–water partition coefficient (Wildman–Crippen LogP) is 0.268.